The number of ether oxygens (including phenoxy) is 1. The molecule has 0 atom stereocenters. The standard InChI is InChI=1S/C9H9NOS/c1-12-7-11-9-4-2-8(6-10)3-5-9/h2-5H,7H2,1H3. The van der Waals surface area contributed by atoms with Crippen LogP contribution in [0.3, 0.4) is 0 Å². The largest absolute Gasteiger partial charge is 0.483 e. The second-order valence-corrected chi connectivity index (χ2v) is 3.00. The van der Waals surface area contributed by atoms with Crippen molar-refractivity contribution in [1.29, 1.82) is 5.26 Å². The van der Waals surface area contributed by atoms with E-state index in [-0.39, 0.29) is 0 Å². The molecule has 12 heavy (non-hydrogen) atoms. The van der Waals surface area contributed by atoms with Crippen molar-refractivity contribution in [3.05, 3.63) is 29.8 Å². The van der Waals surface area contributed by atoms with E-state index >= 15 is 0 Å². The van der Waals surface area contributed by atoms with E-state index in [1.54, 1.807) is 36.0 Å². The normalized spacial score (nSPS) is 9.00. The predicted octanol–water partition coefficient (Wildman–Crippen LogP) is 2.26. The fourth-order valence-electron chi connectivity index (χ4n) is 0.753. The average molecular weight is 179 g/mol. The third-order valence-electron chi connectivity index (χ3n) is 1.33. The minimum atomic E-state index is 0.645. The van der Waals surface area contributed by atoms with Crippen LogP contribution in [0.15, 0.2) is 24.3 Å². The van der Waals surface area contributed by atoms with Gasteiger partial charge in [0, 0.05) is 0 Å². The molecule has 0 heterocycles. The summed E-state index contributed by atoms with van der Waals surface area (Å²) in [7, 11) is 0. The number of nitriles is 1. The van der Waals surface area contributed by atoms with Crippen molar-refractivity contribution in [1.82, 2.24) is 0 Å². The van der Waals surface area contributed by atoms with Gasteiger partial charge >= 0.3 is 0 Å². The quantitative estimate of drug-likeness (QED) is 0.667. The fourth-order valence-corrected chi connectivity index (χ4v) is 1.01. The molecule has 0 N–H and O–H groups in total. The van der Waals surface area contributed by atoms with Crippen LogP contribution in [-0.2, 0) is 0 Å². The Morgan fingerprint density at radius 2 is 2.08 bits per heavy atom. The van der Waals surface area contributed by atoms with Crippen LogP contribution in [0.1, 0.15) is 5.56 Å². The Labute approximate surface area is 76.2 Å². The third-order valence-corrected chi connectivity index (χ3v) is 1.68. The first-order valence-corrected chi connectivity index (χ1v) is 4.88. The lowest BCUT2D eigenvalue weighted by atomic mass is 10.2. The molecule has 0 aliphatic carbocycles. The average Bonchev–Trinajstić information content (AvgIpc) is 2.15. The first-order chi connectivity index (χ1) is 5.86. The Balaban J connectivity index is 2.60. The molecule has 0 spiro atoms. The molecule has 0 aliphatic heterocycles. The summed E-state index contributed by atoms with van der Waals surface area (Å²) in [5.41, 5.74) is 0.659. The number of benzene rings is 1. The van der Waals surface area contributed by atoms with Gasteiger partial charge in [0.2, 0.25) is 0 Å². The molecule has 0 saturated carbocycles. The highest BCUT2D eigenvalue weighted by atomic mass is 32.2. The number of thioether (sulfide) groups is 1. The molecule has 1 aromatic carbocycles. The van der Waals surface area contributed by atoms with Gasteiger partial charge in [-0.3, -0.25) is 0 Å². The zero-order valence-electron chi connectivity index (χ0n) is 6.78. The molecule has 2 nitrogen and oxygen atoms in total. The first-order valence-electron chi connectivity index (χ1n) is 3.48. The van der Waals surface area contributed by atoms with Crippen LogP contribution in [0, 0.1) is 11.3 Å². The highest BCUT2D eigenvalue weighted by molar-refractivity contribution is 7.98. The molecule has 1 rings (SSSR count). The van der Waals surface area contributed by atoms with Gasteiger partial charge in [-0.2, -0.15) is 5.26 Å². The molecular weight excluding hydrogens is 170 g/mol. The lowest BCUT2D eigenvalue weighted by molar-refractivity contribution is 0.393. The zero-order chi connectivity index (χ0) is 8.81. The Morgan fingerprint density at radius 3 is 2.58 bits per heavy atom. The maximum atomic E-state index is 8.51. The van der Waals surface area contributed by atoms with Crippen molar-refractivity contribution in [2.75, 3.05) is 12.2 Å². The van der Waals surface area contributed by atoms with E-state index in [1.807, 2.05) is 12.3 Å². The fraction of sp³-hybridized carbons (Fsp3) is 0.222. The Hall–Kier alpha value is -1.14. The molecule has 0 bridgehead atoms. The van der Waals surface area contributed by atoms with Crippen molar-refractivity contribution in [3.8, 4) is 11.8 Å². The van der Waals surface area contributed by atoms with Crippen molar-refractivity contribution < 1.29 is 4.74 Å². The van der Waals surface area contributed by atoms with Gasteiger partial charge in [0.1, 0.15) is 11.7 Å². The van der Waals surface area contributed by atoms with E-state index in [0.29, 0.717) is 11.5 Å². The van der Waals surface area contributed by atoms with E-state index < -0.39 is 0 Å². The SMILES string of the molecule is CSCOc1ccc(C#N)cc1. The topological polar surface area (TPSA) is 33.0 Å². The molecule has 3 heteroatoms. The van der Waals surface area contributed by atoms with Gasteiger partial charge in [0.15, 0.2) is 0 Å². The molecule has 62 valence electrons. The van der Waals surface area contributed by atoms with Crippen LogP contribution < -0.4 is 4.74 Å². The van der Waals surface area contributed by atoms with E-state index in [2.05, 4.69) is 0 Å². The van der Waals surface area contributed by atoms with E-state index in [9.17, 15) is 0 Å². The molecule has 0 radical (unpaired) electrons. The van der Waals surface area contributed by atoms with E-state index in [1.165, 1.54) is 0 Å². The van der Waals surface area contributed by atoms with Gasteiger partial charge in [0.05, 0.1) is 11.6 Å². The van der Waals surface area contributed by atoms with E-state index in [0.717, 1.165) is 5.75 Å². The van der Waals surface area contributed by atoms with Gasteiger partial charge in [0.25, 0.3) is 0 Å². The molecule has 1 aromatic rings. The molecule has 0 aromatic heterocycles. The maximum absolute atomic E-state index is 8.51. The van der Waals surface area contributed by atoms with Gasteiger partial charge in [-0.25, -0.2) is 0 Å². The lowest BCUT2D eigenvalue weighted by Crippen LogP contribution is -1.90. The van der Waals surface area contributed by atoms with Crippen LogP contribution in [-0.4, -0.2) is 12.2 Å². The third kappa shape index (κ3) is 2.48. The van der Waals surface area contributed by atoms with Crippen molar-refractivity contribution in [3.63, 3.8) is 0 Å². The van der Waals surface area contributed by atoms with Crippen LogP contribution in [0.5, 0.6) is 5.75 Å². The van der Waals surface area contributed by atoms with Crippen LogP contribution >= 0.6 is 11.8 Å². The Bertz CT molecular complexity index is 276. The zero-order valence-corrected chi connectivity index (χ0v) is 7.60. The number of nitrogens with zero attached hydrogens (tertiary/aromatic N) is 1. The van der Waals surface area contributed by atoms with Gasteiger partial charge in [-0.15, -0.1) is 11.8 Å². The monoisotopic (exact) mass is 179 g/mol. The van der Waals surface area contributed by atoms with Crippen LogP contribution in [0.2, 0.25) is 0 Å². The second-order valence-electron chi connectivity index (χ2n) is 2.19. The number of hydrogen-bond acceptors (Lipinski definition) is 3. The number of rotatable bonds is 3. The second kappa shape index (κ2) is 4.68. The highest BCUT2D eigenvalue weighted by Gasteiger charge is 1.92. The minimum Gasteiger partial charge on any atom is -0.483 e. The summed E-state index contributed by atoms with van der Waals surface area (Å²) in [4.78, 5) is 0. The Morgan fingerprint density at radius 1 is 1.42 bits per heavy atom. The lowest BCUT2D eigenvalue weighted by Gasteiger charge is -2.02. The van der Waals surface area contributed by atoms with Crippen molar-refractivity contribution >= 4 is 11.8 Å². The van der Waals surface area contributed by atoms with E-state index in [4.69, 9.17) is 10.00 Å². The summed E-state index contributed by atoms with van der Waals surface area (Å²) in [6, 6.07) is 9.14. The van der Waals surface area contributed by atoms with Crippen molar-refractivity contribution in [2.24, 2.45) is 0 Å². The smallest absolute Gasteiger partial charge is 0.133 e. The van der Waals surface area contributed by atoms with Gasteiger partial charge < -0.3 is 4.74 Å². The molecular formula is C9H9NOS. The Kier molecular flexibility index (Phi) is 3.49. The molecule has 0 saturated heterocycles. The van der Waals surface area contributed by atoms with Gasteiger partial charge in [-0.1, -0.05) is 0 Å². The molecule has 0 amide bonds. The summed E-state index contributed by atoms with van der Waals surface area (Å²) in [5, 5.41) is 8.51. The summed E-state index contributed by atoms with van der Waals surface area (Å²) in [6.07, 6.45) is 1.98. The summed E-state index contributed by atoms with van der Waals surface area (Å²) in [6.45, 7) is 0. The maximum Gasteiger partial charge on any atom is 0.133 e. The van der Waals surface area contributed by atoms with Gasteiger partial charge in [-0.05, 0) is 30.5 Å². The molecule has 0 fully saturated rings. The molecule has 0 unspecified atom stereocenters. The predicted molar refractivity (Wildman–Crippen MR) is 50.2 cm³/mol. The summed E-state index contributed by atoms with van der Waals surface area (Å²) >= 11 is 1.62. The van der Waals surface area contributed by atoms with Crippen molar-refractivity contribution in [2.45, 2.75) is 0 Å². The summed E-state index contributed by atoms with van der Waals surface area (Å²) < 4.78 is 5.31. The number of hydrogen-bond donors (Lipinski definition) is 0. The molecule has 0 aliphatic rings. The summed E-state index contributed by atoms with van der Waals surface area (Å²) in [5.74, 6) is 1.45. The first kappa shape index (κ1) is 8.95. The van der Waals surface area contributed by atoms with Crippen LogP contribution in [0.4, 0.5) is 0 Å². The van der Waals surface area contributed by atoms with Crippen LogP contribution in [0.25, 0.3) is 0 Å². The minimum absolute atomic E-state index is 0.645. The highest BCUT2D eigenvalue weighted by Crippen LogP contribution is 2.12.